The van der Waals surface area contributed by atoms with E-state index in [9.17, 15) is 4.79 Å². The highest BCUT2D eigenvalue weighted by atomic mass is 32.2. The van der Waals surface area contributed by atoms with Crippen LogP contribution in [0.2, 0.25) is 0 Å². The molecule has 1 amide bonds. The van der Waals surface area contributed by atoms with Gasteiger partial charge >= 0.3 is 0 Å². The van der Waals surface area contributed by atoms with Crippen LogP contribution in [0.1, 0.15) is 19.3 Å². The van der Waals surface area contributed by atoms with Gasteiger partial charge in [0.05, 0.1) is 4.58 Å². The van der Waals surface area contributed by atoms with Crippen LogP contribution in [0.4, 0.5) is 0 Å². The zero-order chi connectivity index (χ0) is 10.6. The zero-order valence-electron chi connectivity index (χ0n) is 8.48. The van der Waals surface area contributed by atoms with Crippen molar-refractivity contribution in [1.82, 2.24) is 4.90 Å². The lowest BCUT2D eigenvalue weighted by Crippen LogP contribution is -2.43. The Morgan fingerprint density at radius 2 is 2.21 bits per heavy atom. The Kier molecular flexibility index (Phi) is 5.12. The molecule has 1 aliphatic heterocycles. The monoisotopic (exact) mass is 234 g/mol. The van der Waals surface area contributed by atoms with Crippen molar-refractivity contribution in [2.75, 3.05) is 19.3 Å². The zero-order valence-corrected chi connectivity index (χ0v) is 10.2. The molecule has 0 aliphatic carbocycles. The predicted molar refractivity (Wildman–Crippen MR) is 64.7 cm³/mol. The molecule has 0 spiro atoms. The molecular weight excluding hydrogens is 216 g/mol. The van der Waals surface area contributed by atoms with Crippen LogP contribution < -0.4 is 5.73 Å². The Morgan fingerprint density at radius 3 is 2.71 bits per heavy atom. The Bertz CT molecular complexity index is 193. The summed E-state index contributed by atoms with van der Waals surface area (Å²) in [5.74, 6) is 0.214. The van der Waals surface area contributed by atoms with E-state index in [1.165, 1.54) is 0 Å². The van der Waals surface area contributed by atoms with E-state index in [2.05, 4.69) is 12.6 Å². The highest BCUT2D eigenvalue weighted by Gasteiger charge is 2.21. The van der Waals surface area contributed by atoms with Crippen LogP contribution in [0.25, 0.3) is 0 Å². The molecule has 0 saturated carbocycles. The number of rotatable bonds is 3. The SMILES string of the molecule is CSC(S)CC(=O)N1CCC(N)CC1. The van der Waals surface area contributed by atoms with Crippen molar-refractivity contribution in [2.45, 2.75) is 29.9 Å². The molecule has 1 unspecified atom stereocenters. The summed E-state index contributed by atoms with van der Waals surface area (Å²) in [5.41, 5.74) is 5.77. The summed E-state index contributed by atoms with van der Waals surface area (Å²) in [6.07, 6.45) is 4.36. The van der Waals surface area contributed by atoms with E-state index in [4.69, 9.17) is 5.73 Å². The molecule has 14 heavy (non-hydrogen) atoms. The minimum Gasteiger partial charge on any atom is -0.343 e. The van der Waals surface area contributed by atoms with Crippen molar-refractivity contribution in [2.24, 2.45) is 5.73 Å². The minimum absolute atomic E-state index is 0.123. The van der Waals surface area contributed by atoms with Crippen molar-refractivity contribution in [3.05, 3.63) is 0 Å². The molecule has 82 valence electrons. The lowest BCUT2D eigenvalue weighted by atomic mass is 10.1. The summed E-state index contributed by atoms with van der Waals surface area (Å²) < 4.78 is 0.123. The molecule has 2 N–H and O–H groups in total. The number of amides is 1. The third-order valence-corrected chi connectivity index (χ3v) is 4.04. The maximum absolute atomic E-state index is 11.7. The van der Waals surface area contributed by atoms with Crippen LogP contribution in [-0.2, 0) is 4.79 Å². The lowest BCUT2D eigenvalue weighted by molar-refractivity contribution is -0.131. The smallest absolute Gasteiger partial charge is 0.224 e. The summed E-state index contributed by atoms with van der Waals surface area (Å²) in [6.45, 7) is 1.63. The van der Waals surface area contributed by atoms with Gasteiger partial charge in [0.2, 0.25) is 5.91 Å². The quantitative estimate of drug-likeness (QED) is 0.564. The van der Waals surface area contributed by atoms with Crippen molar-refractivity contribution in [3.8, 4) is 0 Å². The van der Waals surface area contributed by atoms with Gasteiger partial charge < -0.3 is 10.6 Å². The van der Waals surface area contributed by atoms with E-state index in [1.807, 2.05) is 11.2 Å². The summed E-state index contributed by atoms with van der Waals surface area (Å²) >= 11 is 5.91. The molecule has 1 rings (SSSR count). The number of likely N-dealkylation sites (tertiary alicyclic amines) is 1. The van der Waals surface area contributed by atoms with E-state index < -0.39 is 0 Å². The predicted octanol–water partition coefficient (Wildman–Crippen LogP) is 0.945. The molecule has 1 fully saturated rings. The van der Waals surface area contributed by atoms with E-state index >= 15 is 0 Å². The van der Waals surface area contributed by atoms with Gasteiger partial charge in [0.1, 0.15) is 0 Å². The summed E-state index contributed by atoms with van der Waals surface area (Å²) in [6, 6.07) is 0.284. The fraction of sp³-hybridized carbons (Fsp3) is 0.889. The maximum Gasteiger partial charge on any atom is 0.224 e. The fourth-order valence-electron chi connectivity index (χ4n) is 1.51. The molecule has 1 heterocycles. The summed E-state index contributed by atoms with van der Waals surface area (Å²) in [4.78, 5) is 13.6. The molecule has 1 aliphatic rings. The second kappa shape index (κ2) is 5.88. The second-order valence-corrected chi connectivity index (χ2v) is 5.63. The highest BCUT2D eigenvalue weighted by Crippen LogP contribution is 2.17. The van der Waals surface area contributed by atoms with Crippen molar-refractivity contribution >= 4 is 30.3 Å². The second-order valence-electron chi connectivity index (χ2n) is 3.61. The first kappa shape index (κ1) is 12.2. The van der Waals surface area contributed by atoms with Gasteiger partial charge in [-0.2, -0.15) is 24.4 Å². The molecule has 0 aromatic carbocycles. The number of thiol groups is 1. The number of nitrogens with zero attached hydrogens (tertiary/aromatic N) is 1. The first-order valence-corrected chi connectivity index (χ1v) is 6.68. The number of piperidine rings is 1. The van der Waals surface area contributed by atoms with Crippen LogP contribution in [0, 0.1) is 0 Å². The average molecular weight is 234 g/mol. The van der Waals surface area contributed by atoms with Gasteiger partial charge in [-0.25, -0.2) is 0 Å². The molecule has 0 aromatic heterocycles. The minimum atomic E-state index is 0.123. The number of thioether (sulfide) groups is 1. The highest BCUT2D eigenvalue weighted by molar-refractivity contribution is 8.09. The van der Waals surface area contributed by atoms with E-state index in [-0.39, 0.29) is 16.5 Å². The lowest BCUT2D eigenvalue weighted by Gasteiger charge is -2.30. The Morgan fingerprint density at radius 1 is 1.64 bits per heavy atom. The summed E-state index contributed by atoms with van der Waals surface area (Å²) in [7, 11) is 0. The van der Waals surface area contributed by atoms with Gasteiger partial charge in [-0.1, -0.05) is 0 Å². The molecule has 1 atom stereocenters. The van der Waals surface area contributed by atoms with E-state index in [0.717, 1.165) is 25.9 Å². The molecule has 1 saturated heterocycles. The van der Waals surface area contributed by atoms with Crippen molar-refractivity contribution in [1.29, 1.82) is 0 Å². The first-order valence-electron chi connectivity index (χ1n) is 4.87. The van der Waals surface area contributed by atoms with Crippen molar-refractivity contribution in [3.63, 3.8) is 0 Å². The number of hydrogen-bond donors (Lipinski definition) is 2. The molecule has 0 bridgehead atoms. The van der Waals surface area contributed by atoms with Gasteiger partial charge in [-0.15, -0.1) is 0 Å². The normalized spacial score (nSPS) is 20.9. The van der Waals surface area contributed by atoms with E-state index in [0.29, 0.717) is 6.42 Å². The van der Waals surface area contributed by atoms with Gasteiger partial charge in [0, 0.05) is 25.6 Å². The third kappa shape index (κ3) is 3.71. The average Bonchev–Trinajstić information content (AvgIpc) is 2.18. The number of hydrogen-bond acceptors (Lipinski definition) is 4. The third-order valence-electron chi connectivity index (χ3n) is 2.51. The number of nitrogens with two attached hydrogens (primary N) is 1. The molecule has 5 heteroatoms. The summed E-state index contributed by atoms with van der Waals surface area (Å²) in [5, 5.41) is 0. The molecule has 3 nitrogen and oxygen atoms in total. The van der Waals surface area contributed by atoms with Crippen LogP contribution in [0.5, 0.6) is 0 Å². The van der Waals surface area contributed by atoms with Gasteiger partial charge in [-0.05, 0) is 19.1 Å². The van der Waals surface area contributed by atoms with E-state index in [1.54, 1.807) is 11.8 Å². The number of carbonyl (C=O) groups excluding carboxylic acids is 1. The standard InChI is InChI=1S/C9H18N2OS2/c1-14-9(13)6-8(12)11-4-2-7(10)3-5-11/h7,9,13H,2-6,10H2,1H3. The molecule has 0 aromatic rings. The van der Waals surface area contributed by atoms with Crippen LogP contribution in [0.15, 0.2) is 0 Å². The largest absolute Gasteiger partial charge is 0.343 e. The topological polar surface area (TPSA) is 46.3 Å². The Labute approximate surface area is 95.2 Å². The van der Waals surface area contributed by atoms with Crippen LogP contribution in [-0.4, -0.2) is 40.8 Å². The van der Waals surface area contributed by atoms with Gasteiger partial charge in [0.15, 0.2) is 0 Å². The Hall–Kier alpha value is 0.130. The fourth-order valence-corrected chi connectivity index (χ4v) is 1.98. The van der Waals surface area contributed by atoms with Gasteiger partial charge in [-0.3, -0.25) is 4.79 Å². The van der Waals surface area contributed by atoms with Gasteiger partial charge in [0.25, 0.3) is 0 Å². The van der Waals surface area contributed by atoms with Crippen molar-refractivity contribution < 1.29 is 4.79 Å². The maximum atomic E-state index is 11.7. The molecular formula is C9H18N2OS2. The molecule has 0 radical (unpaired) electrons. The van der Waals surface area contributed by atoms with Crippen LogP contribution >= 0.6 is 24.4 Å². The Balaban J connectivity index is 2.30. The number of carbonyl (C=O) groups is 1. The first-order chi connectivity index (χ1) is 6.63. The van der Waals surface area contributed by atoms with Crippen LogP contribution in [0.3, 0.4) is 0 Å².